The van der Waals surface area contributed by atoms with Gasteiger partial charge in [0.15, 0.2) is 0 Å². The summed E-state index contributed by atoms with van der Waals surface area (Å²) in [5, 5.41) is 3.45. The zero-order chi connectivity index (χ0) is 6.69. The molecular weight excluding hydrogens is 110 g/mol. The summed E-state index contributed by atoms with van der Waals surface area (Å²) in [5.74, 6) is 0. The second-order valence-electron chi connectivity index (χ2n) is 2.86. The van der Waals surface area contributed by atoms with Crippen molar-refractivity contribution >= 4 is 0 Å². The first kappa shape index (κ1) is 6.81. The minimum Gasteiger partial charge on any atom is -0.308 e. The van der Waals surface area contributed by atoms with E-state index in [0.29, 0.717) is 12.1 Å². The topological polar surface area (TPSA) is 12.0 Å². The molecule has 0 aromatic carbocycles. The number of hydrogen-bond acceptors (Lipinski definition) is 1. The Bertz CT molecular complexity index is 107. The van der Waals surface area contributed by atoms with Gasteiger partial charge >= 0.3 is 0 Å². The first-order valence-corrected chi connectivity index (χ1v) is 3.72. The quantitative estimate of drug-likeness (QED) is 0.486. The van der Waals surface area contributed by atoms with Crippen LogP contribution in [0.25, 0.3) is 0 Å². The van der Waals surface area contributed by atoms with Gasteiger partial charge < -0.3 is 5.32 Å². The van der Waals surface area contributed by atoms with E-state index in [-0.39, 0.29) is 0 Å². The lowest BCUT2D eigenvalue weighted by Gasteiger charge is -2.13. The second-order valence-corrected chi connectivity index (χ2v) is 2.86. The Hall–Kier alpha value is -0.300. The lowest BCUT2D eigenvalue weighted by atomic mass is 10.2. The highest BCUT2D eigenvalue weighted by Crippen LogP contribution is 2.04. The van der Waals surface area contributed by atoms with Crippen molar-refractivity contribution in [1.29, 1.82) is 0 Å². The zero-order valence-electron chi connectivity index (χ0n) is 6.22. The fourth-order valence-corrected chi connectivity index (χ4v) is 1.23. The molecule has 0 radical (unpaired) electrons. The molecule has 2 unspecified atom stereocenters. The SMILES string of the molecule is CC1C=CCCC(C)N1. The lowest BCUT2D eigenvalue weighted by molar-refractivity contribution is 0.504. The monoisotopic (exact) mass is 125 g/mol. The van der Waals surface area contributed by atoms with Crippen LogP contribution in [0.15, 0.2) is 12.2 Å². The van der Waals surface area contributed by atoms with Crippen molar-refractivity contribution in [3.05, 3.63) is 12.2 Å². The first-order valence-electron chi connectivity index (χ1n) is 3.72. The summed E-state index contributed by atoms with van der Waals surface area (Å²) in [6, 6.07) is 1.26. The fraction of sp³-hybridized carbons (Fsp3) is 0.750. The Labute approximate surface area is 57.1 Å². The van der Waals surface area contributed by atoms with E-state index < -0.39 is 0 Å². The number of allylic oxidation sites excluding steroid dienone is 1. The molecule has 0 aromatic heterocycles. The van der Waals surface area contributed by atoms with Gasteiger partial charge in [-0.2, -0.15) is 0 Å². The smallest absolute Gasteiger partial charge is 0.0224 e. The van der Waals surface area contributed by atoms with Gasteiger partial charge in [0.25, 0.3) is 0 Å². The van der Waals surface area contributed by atoms with Crippen LogP contribution in [0.3, 0.4) is 0 Å². The Balaban J connectivity index is 2.40. The van der Waals surface area contributed by atoms with Gasteiger partial charge in [0.1, 0.15) is 0 Å². The maximum absolute atomic E-state index is 3.45. The molecule has 0 fully saturated rings. The summed E-state index contributed by atoms with van der Waals surface area (Å²) in [7, 11) is 0. The van der Waals surface area contributed by atoms with Crippen LogP contribution in [0.4, 0.5) is 0 Å². The number of hydrogen-bond donors (Lipinski definition) is 1. The van der Waals surface area contributed by atoms with E-state index >= 15 is 0 Å². The van der Waals surface area contributed by atoms with Crippen LogP contribution < -0.4 is 5.32 Å². The third-order valence-electron chi connectivity index (χ3n) is 1.74. The summed E-state index contributed by atoms with van der Waals surface area (Å²) in [5.41, 5.74) is 0. The number of rotatable bonds is 0. The molecule has 9 heavy (non-hydrogen) atoms. The molecule has 0 spiro atoms. The third-order valence-corrected chi connectivity index (χ3v) is 1.74. The van der Waals surface area contributed by atoms with Gasteiger partial charge in [0.05, 0.1) is 0 Å². The van der Waals surface area contributed by atoms with Gasteiger partial charge in [0.2, 0.25) is 0 Å². The molecule has 0 aliphatic carbocycles. The van der Waals surface area contributed by atoms with Crippen molar-refractivity contribution in [2.45, 2.75) is 38.8 Å². The molecule has 1 heteroatoms. The average molecular weight is 125 g/mol. The van der Waals surface area contributed by atoms with Gasteiger partial charge in [-0.15, -0.1) is 0 Å². The van der Waals surface area contributed by atoms with E-state index in [1.807, 2.05) is 0 Å². The summed E-state index contributed by atoms with van der Waals surface area (Å²) < 4.78 is 0. The highest BCUT2D eigenvalue weighted by Gasteiger charge is 2.05. The lowest BCUT2D eigenvalue weighted by Crippen LogP contribution is -2.31. The van der Waals surface area contributed by atoms with E-state index in [1.165, 1.54) is 12.8 Å². The van der Waals surface area contributed by atoms with Crippen LogP contribution in [-0.4, -0.2) is 12.1 Å². The minimum atomic E-state index is 0.572. The maximum atomic E-state index is 3.45. The summed E-state index contributed by atoms with van der Waals surface area (Å²) in [4.78, 5) is 0. The second kappa shape index (κ2) is 3.02. The zero-order valence-corrected chi connectivity index (χ0v) is 6.22. The Kier molecular flexibility index (Phi) is 2.29. The van der Waals surface area contributed by atoms with E-state index in [9.17, 15) is 0 Å². The molecule has 2 atom stereocenters. The van der Waals surface area contributed by atoms with Gasteiger partial charge in [-0.3, -0.25) is 0 Å². The van der Waals surface area contributed by atoms with Crippen molar-refractivity contribution in [3.8, 4) is 0 Å². The van der Waals surface area contributed by atoms with Crippen molar-refractivity contribution < 1.29 is 0 Å². The Morgan fingerprint density at radius 1 is 1.44 bits per heavy atom. The van der Waals surface area contributed by atoms with Crippen molar-refractivity contribution in [1.82, 2.24) is 5.32 Å². The van der Waals surface area contributed by atoms with Crippen LogP contribution in [-0.2, 0) is 0 Å². The predicted octanol–water partition coefficient (Wildman–Crippen LogP) is 1.70. The summed E-state index contributed by atoms with van der Waals surface area (Å²) >= 11 is 0. The molecule has 1 aliphatic rings. The molecule has 52 valence electrons. The van der Waals surface area contributed by atoms with E-state index in [2.05, 4.69) is 31.3 Å². The number of nitrogens with one attached hydrogen (secondary N) is 1. The van der Waals surface area contributed by atoms with E-state index in [1.54, 1.807) is 0 Å². The molecule has 1 aliphatic heterocycles. The van der Waals surface area contributed by atoms with Gasteiger partial charge in [0, 0.05) is 12.1 Å². The highest BCUT2D eigenvalue weighted by molar-refractivity contribution is 4.95. The Morgan fingerprint density at radius 2 is 2.22 bits per heavy atom. The van der Waals surface area contributed by atoms with Crippen molar-refractivity contribution in [3.63, 3.8) is 0 Å². The predicted molar refractivity (Wildman–Crippen MR) is 40.4 cm³/mol. The summed E-state index contributed by atoms with van der Waals surface area (Å²) in [6.45, 7) is 4.43. The first-order chi connectivity index (χ1) is 4.29. The van der Waals surface area contributed by atoms with Gasteiger partial charge in [-0.25, -0.2) is 0 Å². The van der Waals surface area contributed by atoms with Gasteiger partial charge in [-0.1, -0.05) is 12.2 Å². The average Bonchev–Trinajstić information content (AvgIpc) is 1.93. The Morgan fingerprint density at radius 3 is 3.00 bits per heavy atom. The standard InChI is InChI=1S/C8H15N/c1-7-5-3-4-6-8(2)9-7/h3,5,7-9H,4,6H2,1-2H3. The van der Waals surface area contributed by atoms with Crippen molar-refractivity contribution in [2.75, 3.05) is 0 Å². The normalized spacial score (nSPS) is 36.2. The highest BCUT2D eigenvalue weighted by atomic mass is 14.9. The van der Waals surface area contributed by atoms with Gasteiger partial charge in [-0.05, 0) is 26.7 Å². The molecule has 1 nitrogen and oxygen atoms in total. The molecule has 0 saturated heterocycles. The largest absolute Gasteiger partial charge is 0.308 e. The molecule has 0 aromatic rings. The van der Waals surface area contributed by atoms with E-state index in [0.717, 1.165) is 0 Å². The van der Waals surface area contributed by atoms with Crippen molar-refractivity contribution in [2.24, 2.45) is 0 Å². The molecule has 1 rings (SSSR count). The van der Waals surface area contributed by atoms with Crippen LogP contribution in [0.1, 0.15) is 26.7 Å². The third kappa shape index (κ3) is 2.19. The molecule has 0 bridgehead atoms. The van der Waals surface area contributed by atoms with Crippen LogP contribution in [0.5, 0.6) is 0 Å². The van der Waals surface area contributed by atoms with E-state index in [4.69, 9.17) is 0 Å². The molecule has 0 saturated carbocycles. The molecule has 1 heterocycles. The van der Waals surface area contributed by atoms with Crippen LogP contribution >= 0.6 is 0 Å². The van der Waals surface area contributed by atoms with Crippen LogP contribution in [0.2, 0.25) is 0 Å². The minimum absolute atomic E-state index is 0.572. The molecule has 0 amide bonds. The fourth-order valence-electron chi connectivity index (χ4n) is 1.23. The molecule has 1 N–H and O–H groups in total. The molecular formula is C8H15N. The van der Waals surface area contributed by atoms with Crippen LogP contribution in [0, 0.1) is 0 Å². The maximum Gasteiger partial charge on any atom is 0.0224 e. The summed E-state index contributed by atoms with van der Waals surface area (Å²) in [6.07, 6.45) is 7.02.